The van der Waals surface area contributed by atoms with E-state index in [0.717, 1.165) is 49.7 Å². The number of aromatic hydroxyl groups is 2. The van der Waals surface area contributed by atoms with Crippen molar-refractivity contribution >= 4 is 11.6 Å². The zero-order valence-electron chi connectivity index (χ0n) is 20.0. The maximum absolute atomic E-state index is 10.7. The molecule has 0 aliphatic heterocycles. The van der Waals surface area contributed by atoms with E-state index in [4.69, 9.17) is 11.6 Å². The zero-order valence-corrected chi connectivity index (χ0v) is 20.8. The molecule has 3 heteroatoms. The van der Waals surface area contributed by atoms with Gasteiger partial charge < -0.3 is 10.2 Å². The average molecular weight is 439 g/mol. The summed E-state index contributed by atoms with van der Waals surface area (Å²) in [6.45, 7) is 6.70. The summed E-state index contributed by atoms with van der Waals surface area (Å²) in [6.07, 6.45) is 20.9. The van der Waals surface area contributed by atoms with Crippen molar-refractivity contribution in [3.8, 4) is 11.5 Å². The summed E-state index contributed by atoms with van der Waals surface area (Å²) >= 11 is 6.57. The van der Waals surface area contributed by atoms with Crippen LogP contribution < -0.4 is 0 Å². The minimum atomic E-state index is -0.0986. The first-order valence-electron chi connectivity index (χ1n) is 12.8. The summed E-state index contributed by atoms with van der Waals surface area (Å²) < 4.78 is 0. The Bertz CT molecular complexity index is 542. The molecule has 0 aromatic heterocycles. The molecule has 2 N–H and O–H groups in total. The van der Waals surface area contributed by atoms with Gasteiger partial charge in [-0.2, -0.15) is 0 Å². The molecule has 0 spiro atoms. The first kappa shape index (κ1) is 27.1. The van der Waals surface area contributed by atoms with E-state index >= 15 is 0 Å². The molecule has 0 atom stereocenters. The minimum absolute atomic E-state index is 0.0359. The molecule has 0 fully saturated rings. The second-order valence-electron chi connectivity index (χ2n) is 8.94. The summed E-state index contributed by atoms with van der Waals surface area (Å²) in [7, 11) is 0. The summed E-state index contributed by atoms with van der Waals surface area (Å²) in [5, 5.41) is 21.7. The highest BCUT2D eigenvalue weighted by atomic mass is 35.5. The van der Waals surface area contributed by atoms with Gasteiger partial charge in [0.1, 0.15) is 0 Å². The molecule has 0 saturated heterocycles. The van der Waals surface area contributed by atoms with Gasteiger partial charge in [-0.15, -0.1) is 0 Å². The van der Waals surface area contributed by atoms with E-state index in [0.29, 0.717) is 5.02 Å². The van der Waals surface area contributed by atoms with Crippen LogP contribution in [0.3, 0.4) is 0 Å². The van der Waals surface area contributed by atoms with Gasteiger partial charge in [0.15, 0.2) is 11.5 Å². The van der Waals surface area contributed by atoms with Gasteiger partial charge in [0.2, 0.25) is 0 Å². The molecular formula is C27H47ClO2. The largest absolute Gasteiger partial charge is 0.504 e. The summed E-state index contributed by atoms with van der Waals surface area (Å²) in [4.78, 5) is 0. The van der Waals surface area contributed by atoms with E-state index in [1.807, 2.05) is 0 Å². The Hall–Kier alpha value is -0.890. The molecule has 1 aromatic carbocycles. The number of hydrogen-bond acceptors (Lipinski definition) is 2. The SMILES string of the molecule is CCCCCCCc1c(O)c(O)c(Cl)c(CCCCCCC)c1CCCCCCC. The lowest BCUT2D eigenvalue weighted by atomic mass is 9.88. The van der Waals surface area contributed by atoms with Gasteiger partial charge in [0, 0.05) is 5.56 Å². The van der Waals surface area contributed by atoms with E-state index in [-0.39, 0.29) is 11.5 Å². The molecule has 1 rings (SSSR count). The maximum Gasteiger partial charge on any atom is 0.177 e. The van der Waals surface area contributed by atoms with Crippen LogP contribution in [0, 0.1) is 0 Å². The van der Waals surface area contributed by atoms with Crippen LogP contribution in [0.25, 0.3) is 0 Å². The minimum Gasteiger partial charge on any atom is -0.504 e. The molecule has 0 aliphatic rings. The second kappa shape index (κ2) is 16.8. The van der Waals surface area contributed by atoms with Crippen LogP contribution in [0.2, 0.25) is 5.02 Å². The molecule has 0 bridgehead atoms. The van der Waals surface area contributed by atoms with Crippen molar-refractivity contribution in [1.29, 1.82) is 0 Å². The van der Waals surface area contributed by atoms with Crippen LogP contribution in [0.4, 0.5) is 0 Å². The number of halogens is 1. The summed E-state index contributed by atoms with van der Waals surface area (Å²) in [6, 6.07) is 0. The fourth-order valence-electron chi connectivity index (χ4n) is 4.40. The Morgan fingerprint density at radius 2 is 0.833 bits per heavy atom. The third kappa shape index (κ3) is 9.50. The third-order valence-corrected chi connectivity index (χ3v) is 6.71. The lowest BCUT2D eigenvalue weighted by Gasteiger charge is -2.20. The molecule has 174 valence electrons. The molecule has 0 amide bonds. The Morgan fingerprint density at radius 1 is 0.467 bits per heavy atom. The molecule has 0 aliphatic carbocycles. The van der Waals surface area contributed by atoms with Crippen LogP contribution in [0.15, 0.2) is 0 Å². The van der Waals surface area contributed by atoms with Crippen LogP contribution in [0.5, 0.6) is 11.5 Å². The fraction of sp³-hybridized carbons (Fsp3) is 0.778. The lowest BCUT2D eigenvalue weighted by molar-refractivity contribution is 0.396. The smallest absolute Gasteiger partial charge is 0.177 e. The van der Waals surface area contributed by atoms with Crippen molar-refractivity contribution in [1.82, 2.24) is 0 Å². The van der Waals surface area contributed by atoms with Gasteiger partial charge in [0.05, 0.1) is 5.02 Å². The van der Waals surface area contributed by atoms with Crippen molar-refractivity contribution in [3.63, 3.8) is 0 Å². The van der Waals surface area contributed by atoms with Crippen LogP contribution in [-0.4, -0.2) is 10.2 Å². The Balaban J connectivity index is 2.98. The van der Waals surface area contributed by atoms with Crippen LogP contribution in [0.1, 0.15) is 134 Å². The molecule has 0 unspecified atom stereocenters. The first-order chi connectivity index (χ1) is 14.6. The van der Waals surface area contributed by atoms with Gasteiger partial charge in [-0.3, -0.25) is 0 Å². The fourth-order valence-corrected chi connectivity index (χ4v) is 4.69. The summed E-state index contributed by atoms with van der Waals surface area (Å²) in [5.74, 6) is -0.0627. The number of rotatable bonds is 18. The lowest BCUT2D eigenvalue weighted by Crippen LogP contribution is -2.04. The highest BCUT2D eigenvalue weighted by molar-refractivity contribution is 6.33. The van der Waals surface area contributed by atoms with Gasteiger partial charge in [-0.1, -0.05) is 109 Å². The van der Waals surface area contributed by atoms with E-state index in [1.165, 1.54) is 82.6 Å². The molecule has 1 aromatic rings. The van der Waals surface area contributed by atoms with Crippen molar-refractivity contribution in [2.75, 3.05) is 0 Å². The first-order valence-corrected chi connectivity index (χ1v) is 13.2. The quantitative estimate of drug-likeness (QED) is 0.177. The van der Waals surface area contributed by atoms with E-state index in [1.54, 1.807) is 0 Å². The highest BCUT2D eigenvalue weighted by Crippen LogP contribution is 2.43. The molecule has 2 nitrogen and oxygen atoms in total. The molecule has 0 saturated carbocycles. The van der Waals surface area contributed by atoms with Crippen molar-refractivity contribution in [3.05, 3.63) is 21.7 Å². The van der Waals surface area contributed by atoms with E-state index < -0.39 is 0 Å². The molecular weight excluding hydrogens is 392 g/mol. The molecule has 0 heterocycles. The number of phenols is 2. The predicted octanol–water partition coefficient (Wildman–Crippen LogP) is 9.29. The number of hydrogen-bond donors (Lipinski definition) is 2. The summed E-state index contributed by atoms with van der Waals surface area (Å²) in [5.41, 5.74) is 3.30. The monoisotopic (exact) mass is 438 g/mol. The third-order valence-electron chi connectivity index (χ3n) is 6.30. The van der Waals surface area contributed by atoms with Gasteiger partial charge >= 0.3 is 0 Å². The Kier molecular flexibility index (Phi) is 15.2. The van der Waals surface area contributed by atoms with Gasteiger partial charge in [-0.25, -0.2) is 0 Å². The van der Waals surface area contributed by atoms with Crippen LogP contribution >= 0.6 is 11.6 Å². The topological polar surface area (TPSA) is 40.5 Å². The van der Waals surface area contributed by atoms with Crippen molar-refractivity contribution < 1.29 is 10.2 Å². The number of phenolic OH excluding ortho intramolecular Hbond substituents is 2. The van der Waals surface area contributed by atoms with Crippen molar-refractivity contribution in [2.45, 2.75) is 136 Å². The van der Waals surface area contributed by atoms with Crippen molar-refractivity contribution in [2.24, 2.45) is 0 Å². The van der Waals surface area contributed by atoms with E-state index in [2.05, 4.69) is 20.8 Å². The zero-order chi connectivity index (χ0) is 22.2. The molecule has 30 heavy (non-hydrogen) atoms. The van der Waals surface area contributed by atoms with E-state index in [9.17, 15) is 10.2 Å². The van der Waals surface area contributed by atoms with Gasteiger partial charge in [0.25, 0.3) is 0 Å². The number of unbranched alkanes of at least 4 members (excludes halogenated alkanes) is 12. The Labute approximate surface area is 191 Å². The molecule has 0 radical (unpaired) electrons. The normalized spacial score (nSPS) is 11.3. The second-order valence-corrected chi connectivity index (χ2v) is 9.32. The van der Waals surface area contributed by atoms with Gasteiger partial charge in [-0.05, 0) is 49.7 Å². The average Bonchev–Trinajstić information content (AvgIpc) is 2.75. The number of benzene rings is 1. The Morgan fingerprint density at radius 3 is 1.27 bits per heavy atom. The van der Waals surface area contributed by atoms with Crippen LogP contribution in [-0.2, 0) is 19.3 Å². The highest BCUT2D eigenvalue weighted by Gasteiger charge is 2.21. The standard InChI is InChI=1S/C27H47ClO2/c1-4-7-10-13-16-19-22-23(20-17-14-11-8-5-2)25(28)27(30)26(29)24(22)21-18-15-12-9-6-3/h29-30H,4-21H2,1-3H3. The maximum atomic E-state index is 10.7. The predicted molar refractivity (Wildman–Crippen MR) is 132 cm³/mol.